The zero-order valence-electron chi connectivity index (χ0n) is 48.0. The first-order valence-electron chi connectivity index (χ1n) is 27.9. The Kier molecular flexibility index (Phi) is 22.8. The number of piperidine rings is 2. The van der Waals surface area contributed by atoms with E-state index in [0.717, 1.165) is 103 Å². The van der Waals surface area contributed by atoms with Crippen molar-refractivity contribution in [1.29, 1.82) is 0 Å². The summed E-state index contributed by atoms with van der Waals surface area (Å²) in [6.07, 6.45) is 5.95. The molecule has 18 nitrogen and oxygen atoms in total. The molecule has 6 aromatic rings. The van der Waals surface area contributed by atoms with Crippen LogP contribution in [0.2, 0.25) is 10.0 Å². The highest BCUT2D eigenvalue weighted by Gasteiger charge is 2.30. The van der Waals surface area contributed by atoms with E-state index in [2.05, 4.69) is 87.4 Å². The zero-order chi connectivity index (χ0) is 60.0. The van der Waals surface area contributed by atoms with Crippen LogP contribution in [0.15, 0.2) is 100 Å². The standard InChI is InChI=1S/C30H35ClN4O4S.C17H23BClN2O5.C13H13BrN2OS/c1-30(2,3)39-29(37)33-23-5-4-10-35(18-23)28(36)21-6-7-24(25(31)15-21)22-16-26(40-19-22)20-8-9-32-27(17-20)34-11-13-38-14-12-34;1-17(2,3)25-16(23)20-12-5-4-8-21(10-12)15(22)11-6-7-14(26-18-24)13(19)9-11;14-11-8-12(18-9-11)10-1-2-15-13(7-10)16-3-5-17-6-4-16/h6-9,15-17,19,23H,4-5,10-14,18H2,1-3H3,(H,33,37);6-7,9,12,24H,4-5,8,10H2,1-3H3,(H,20,23);1-2,7-9H,3-6H2. The highest BCUT2D eigenvalue weighted by molar-refractivity contribution is 9.10. The van der Waals surface area contributed by atoms with Crippen LogP contribution in [0.4, 0.5) is 21.2 Å². The summed E-state index contributed by atoms with van der Waals surface area (Å²) in [5.41, 5.74) is 4.03. The van der Waals surface area contributed by atoms with E-state index >= 15 is 0 Å². The number of halogens is 3. The molecule has 4 aliphatic heterocycles. The molecule has 447 valence electrons. The van der Waals surface area contributed by atoms with Gasteiger partial charge in [0.25, 0.3) is 11.8 Å². The fourth-order valence-electron chi connectivity index (χ4n) is 9.71. The fourth-order valence-corrected chi connectivity index (χ4v) is 12.6. The van der Waals surface area contributed by atoms with Crippen LogP contribution in [0.25, 0.3) is 32.0 Å². The van der Waals surface area contributed by atoms with E-state index in [9.17, 15) is 19.2 Å². The molecule has 10 rings (SSSR count). The van der Waals surface area contributed by atoms with Crippen molar-refractivity contribution >= 4 is 105 Å². The summed E-state index contributed by atoms with van der Waals surface area (Å²) in [5.74, 6) is 1.98. The van der Waals surface area contributed by atoms with Crippen LogP contribution in [0, 0.1) is 0 Å². The Bertz CT molecular complexity index is 3200. The van der Waals surface area contributed by atoms with Crippen LogP contribution in [-0.4, -0.2) is 159 Å². The number of alkyl carbamates (subject to hydrolysis) is 2. The third-order valence-corrected chi connectivity index (χ3v) is 17.0. The molecule has 84 heavy (non-hydrogen) atoms. The summed E-state index contributed by atoms with van der Waals surface area (Å²) in [7, 11) is 0.528. The Hall–Kier alpha value is -5.98. The molecule has 0 bridgehead atoms. The molecule has 1 radical (unpaired) electrons. The molecule has 4 aliphatic rings. The Morgan fingerprint density at radius 2 is 1.11 bits per heavy atom. The molecule has 4 aromatic heterocycles. The number of ether oxygens (including phenoxy) is 4. The SMILES string of the molecule is Brc1csc(-c2ccnc(N3CCOCC3)c2)c1.CC(C)(C)OC(=O)NC1CCCN(C(=O)c2ccc(-c3csc(-c4ccnc(N5CCOCC5)c4)c3)c(Cl)c2)C1.CC(C)(C)OC(=O)NC1CCCN(C(=O)c2ccc(O[B]O)c(Cl)c2)C1. The smallest absolute Gasteiger partial charge is 0.536 e. The molecular weight excluding hydrogens is 1220 g/mol. The average Bonchev–Trinajstić information content (AvgIpc) is 4.33. The maximum Gasteiger partial charge on any atom is 0.569 e. The number of nitrogens with one attached hydrogen (secondary N) is 2. The second kappa shape index (κ2) is 29.9. The summed E-state index contributed by atoms with van der Waals surface area (Å²) in [6, 6.07) is 22.4. The van der Waals surface area contributed by atoms with Gasteiger partial charge in [0.2, 0.25) is 0 Å². The molecule has 2 aromatic carbocycles. The molecule has 2 unspecified atom stereocenters. The van der Waals surface area contributed by atoms with Crippen LogP contribution in [-0.2, 0) is 18.9 Å². The van der Waals surface area contributed by atoms with E-state index in [1.54, 1.807) is 65.4 Å². The third kappa shape index (κ3) is 18.8. The number of hydrogen-bond acceptors (Lipinski definition) is 16. The van der Waals surface area contributed by atoms with Gasteiger partial charge >= 0.3 is 19.9 Å². The lowest BCUT2D eigenvalue weighted by Crippen LogP contribution is -2.50. The van der Waals surface area contributed by atoms with Gasteiger partial charge in [0.05, 0.1) is 31.5 Å². The van der Waals surface area contributed by atoms with Crippen LogP contribution < -0.4 is 25.1 Å². The van der Waals surface area contributed by atoms with Crippen molar-refractivity contribution < 1.29 is 47.8 Å². The zero-order valence-corrected chi connectivity index (χ0v) is 52.8. The molecule has 0 saturated carbocycles. The quantitative estimate of drug-likeness (QED) is 0.104. The lowest BCUT2D eigenvalue weighted by molar-refractivity contribution is 0.0446. The fraction of sp³-hybridized carbons (Fsp3) is 0.433. The molecule has 8 heterocycles. The molecular formula is C60H71BBrCl2N8O10S2. The number of aromatic nitrogens is 2. The Labute approximate surface area is 518 Å². The highest BCUT2D eigenvalue weighted by Crippen LogP contribution is 2.38. The topological polar surface area (TPSA) is 197 Å². The minimum absolute atomic E-state index is 0.0948. The number of carbonyl (C=O) groups is 4. The minimum Gasteiger partial charge on any atom is -0.536 e. The number of carbonyl (C=O) groups excluding carboxylic acids is 4. The Morgan fingerprint density at radius 1 is 0.631 bits per heavy atom. The highest BCUT2D eigenvalue weighted by atomic mass is 79.9. The maximum atomic E-state index is 13.3. The third-order valence-electron chi connectivity index (χ3n) is 13.6. The number of hydrogen-bond donors (Lipinski definition) is 3. The second-order valence-electron chi connectivity index (χ2n) is 22.4. The summed E-state index contributed by atoms with van der Waals surface area (Å²) in [4.78, 5) is 69.5. The lowest BCUT2D eigenvalue weighted by Gasteiger charge is -2.33. The molecule has 4 fully saturated rings. The molecule has 2 atom stereocenters. The number of nitrogens with zero attached hydrogens (tertiary/aromatic N) is 6. The van der Waals surface area contributed by atoms with Gasteiger partial charge in [-0.2, -0.15) is 0 Å². The van der Waals surface area contributed by atoms with Crippen molar-refractivity contribution in [2.45, 2.75) is 90.5 Å². The van der Waals surface area contributed by atoms with Crippen molar-refractivity contribution in [3.05, 3.63) is 122 Å². The van der Waals surface area contributed by atoms with E-state index in [1.807, 2.05) is 51.4 Å². The number of likely N-dealkylation sites (tertiary alicyclic amines) is 2. The molecule has 4 saturated heterocycles. The maximum absolute atomic E-state index is 13.3. The largest absolute Gasteiger partial charge is 0.569 e. The number of pyridine rings is 2. The Balaban J connectivity index is 0.000000179. The number of benzene rings is 2. The van der Waals surface area contributed by atoms with E-state index in [1.165, 1.54) is 22.6 Å². The normalized spacial score (nSPS) is 17.4. The number of thiophene rings is 2. The van der Waals surface area contributed by atoms with Crippen LogP contribution in [0.3, 0.4) is 0 Å². The lowest BCUT2D eigenvalue weighted by atomic mass is 10.0. The Morgan fingerprint density at radius 3 is 1.56 bits per heavy atom. The number of rotatable bonds is 11. The minimum atomic E-state index is -0.569. The molecule has 24 heteroatoms. The monoisotopic (exact) mass is 1290 g/mol. The van der Waals surface area contributed by atoms with Gasteiger partial charge in [0.15, 0.2) is 0 Å². The molecule has 3 N–H and O–H groups in total. The predicted octanol–water partition coefficient (Wildman–Crippen LogP) is 11.9. The van der Waals surface area contributed by atoms with Gasteiger partial charge in [-0.15, -0.1) is 22.7 Å². The van der Waals surface area contributed by atoms with Crippen molar-refractivity contribution in [3.63, 3.8) is 0 Å². The predicted molar refractivity (Wildman–Crippen MR) is 336 cm³/mol. The van der Waals surface area contributed by atoms with E-state index in [4.69, 9.17) is 51.8 Å². The molecule has 4 amide bonds. The van der Waals surface area contributed by atoms with Gasteiger partial charge in [-0.25, -0.2) is 19.6 Å². The number of morpholine rings is 2. The molecule has 0 aliphatic carbocycles. The average molecular weight is 1290 g/mol. The number of anilines is 2. The van der Waals surface area contributed by atoms with Gasteiger partial charge in [-0.3, -0.25) is 9.59 Å². The summed E-state index contributed by atoms with van der Waals surface area (Å²) < 4.78 is 27.4. The summed E-state index contributed by atoms with van der Waals surface area (Å²) in [5, 5.41) is 19.3. The second-order valence-corrected chi connectivity index (χ2v) is 25.9. The van der Waals surface area contributed by atoms with E-state index < -0.39 is 23.4 Å². The van der Waals surface area contributed by atoms with Crippen molar-refractivity contribution in [2.75, 3.05) is 88.6 Å². The van der Waals surface area contributed by atoms with Gasteiger partial charge in [0.1, 0.15) is 28.6 Å². The van der Waals surface area contributed by atoms with Crippen molar-refractivity contribution in [1.82, 2.24) is 30.4 Å². The van der Waals surface area contributed by atoms with Gasteiger partial charge in [-0.1, -0.05) is 29.3 Å². The first kappa shape index (κ1) is 64.0. The van der Waals surface area contributed by atoms with Gasteiger partial charge in [0, 0.05) is 118 Å². The van der Waals surface area contributed by atoms with Crippen LogP contribution in [0.1, 0.15) is 87.9 Å². The van der Waals surface area contributed by atoms with Gasteiger partial charge in [-0.05, 0) is 172 Å². The van der Waals surface area contributed by atoms with Gasteiger partial charge < -0.3 is 58.9 Å². The molecule has 0 spiro atoms. The van der Waals surface area contributed by atoms with Crippen molar-refractivity contribution in [2.24, 2.45) is 0 Å². The number of amides is 4. The first-order chi connectivity index (χ1) is 40.2. The van der Waals surface area contributed by atoms with Crippen molar-refractivity contribution in [3.8, 4) is 37.8 Å². The summed E-state index contributed by atoms with van der Waals surface area (Å²) >= 11 is 19.7. The summed E-state index contributed by atoms with van der Waals surface area (Å²) in [6.45, 7) is 19.5. The van der Waals surface area contributed by atoms with Crippen LogP contribution >= 0.6 is 61.8 Å². The van der Waals surface area contributed by atoms with E-state index in [-0.39, 0.29) is 34.7 Å². The van der Waals surface area contributed by atoms with E-state index in [0.29, 0.717) is 63.2 Å². The first-order valence-corrected chi connectivity index (χ1v) is 31.2. The van der Waals surface area contributed by atoms with Crippen LogP contribution in [0.5, 0.6) is 5.75 Å².